The van der Waals surface area contributed by atoms with Crippen LogP contribution in [0.3, 0.4) is 0 Å². The van der Waals surface area contributed by atoms with Gasteiger partial charge in [0.05, 0.1) is 5.71 Å². The van der Waals surface area contributed by atoms with Crippen molar-refractivity contribution >= 4 is 5.71 Å². The molecule has 0 bridgehead atoms. The summed E-state index contributed by atoms with van der Waals surface area (Å²) in [6.45, 7) is 2.76. The van der Waals surface area contributed by atoms with Crippen molar-refractivity contribution in [3.05, 3.63) is 35.9 Å². The van der Waals surface area contributed by atoms with Crippen molar-refractivity contribution < 1.29 is 4.84 Å². The number of hydrogen-bond donors (Lipinski definition) is 0. The normalized spacial score (nSPS) is 16.8. The van der Waals surface area contributed by atoms with Gasteiger partial charge in [-0.3, -0.25) is 0 Å². The first-order valence-electron chi connectivity index (χ1n) is 5.08. The zero-order valence-electron chi connectivity index (χ0n) is 8.44. The van der Waals surface area contributed by atoms with Gasteiger partial charge in [-0.1, -0.05) is 35.5 Å². The summed E-state index contributed by atoms with van der Waals surface area (Å²) < 4.78 is 0. The lowest BCUT2D eigenvalue weighted by molar-refractivity contribution is 0.134. The fourth-order valence-electron chi connectivity index (χ4n) is 1.26. The predicted octanol–water partition coefficient (Wildman–Crippen LogP) is 2.84. The Balaban J connectivity index is 1.89. The molecule has 1 aliphatic carbocycles. The monoisotopic (exact) mass is 189 g/mol. The van der Waals surface area contributed by atoms with Crippen molar-refractivity contribution in [1.82, 2.24) is 0 Å². The number of oxime groups is 1. The van der Waals surface area contributed by atoms with Crippen LogP contribution in [0.15, 0.2) is 35.5 Å². The maximum absolute atomic E-state index is 5.26. The lowest BCUT2D eigenvalue weighted by Crippen LogP contribution is -1.97. The van der Waals surface area contributed by atoms with E-state index in [0.29, 0.717) is 0 Å². The molecule has 0 radical (unpaired) electrons. The molecule has 0 aromatic heterocycles. The third kappa shape index (κ3) is 2.59. The van der Waals surface area contributed by atoms with Gasteiger partial charge in [0.15, 0.2) is 0 Å². The summed E-state index contributed by atoms with van der Waals surface area (Å²) in [7, 11) is 0. The van der Waals surface area contributed by atoms with Gasteiger partial charge >= 0.3 is 0 Å². The summed E-state index contributed by atoms with van der Waals surface area (Å²) in [6, 6.07) is 10.1. The molecule has 1 aromatic carbocycles. The van der Waals surface area contributed by atoms with E-state index in [1.54, 1.807) is 0 Å². The summed E-state index contributed by atoms with van der Waals surface area (Å²) >= 11 is 0. The molecule has 0 heterocycles. The van der Waals surface area contributed by atoms with Crippen LogP contribution in [0.25, 0.3) is 0 Å². The minimum Gasteiger partial charge on any atom is -0.395 e. The van der Waals surface area contributed by atoms with Crippen LogP contribution in [0, 0.1) is 5.92 Å². The maximum atomic E-state index is 5.26. The molecular formula is C12H15NO. The van der Waals surface area contributed by atoms with Gasteiger partial charge in [0.2, 0.25) is 0 Å². The molecule has 0 aliphatic heterocycles. The van der Waals surface area contributed by atoms with Crippen molar-refractivity contribution in [2.75, 3.05) is 6.61 Å². The highest BCUT2D eigenvalue weighted by atomic mass is 16.6. The van der Waals surface area contributed by atoms with Crippen LogP contribution >= 0.6 is 0 Å². The predicted molar refractivity (Wildman–Crippen MR) is 57.3 cm³/mol. The molecule has 2 heteroatoms. The fourth-order valence-corrected chi connectivity index (χ4v) is 1.26. The van der Waals surface area contributed by atoms with E-state index in [1.807, 2.05) is 37.3 Å². The molecule has 1 aromatic rings. The molecule has 74 valence electrons. The Bertz CT molecular complexity index is 314. The Labute approximate surface area is 84.6 Å². The first-order valence-corrected chi connectivity index (χ1v) is 5.08. The molecule has 0 saturated heterocycles. The van der Waals surface area contributed by atoms with Gasteiger partial charge in [-0.2, -0.15) is 0 Å². The van der Waals surface area contributed by atoms with Crippen molar-refractivity contribution in [3.63, 3.8) is 0 Å². The van der Waals surface area contributed by atoms with Crippen molar-refractivity contribution in [1.29, 1.82) is 0 Å². The minimum absolute atomic E-state index is 0.766. The Kier molecular flexibility index (Phi) is 2.82. The average molecular weight is 189 g/mol. The van der Waals surface area contributed by atoms with E-state index >= 15 is 0 Å². The van der Waals surface area contributed by atoms with Gasteiger partial charge in [-0.15, -0.1) is 0 Å². The summed E-state index contributed by atoms with van der Waals surface area (Å²) in [5.41, 5.74) is 2.08. The summed E-state index contributed by atoms with van der Waals surface area (Å²) in [4.78, 5) is 5.26. The molecule has 1 saturated carbocycles. The first kappa shape index (κ1) is 9.25. The molecule has 0 amide bonds. The zero-order valence-corrected chi connectivity index (χ0v) is 8.44. The van der Waals surface area contributed by atoms with Crippen LogP contribution in [-0.2, 0) is 4.84 Å². The van der Waals surface area contributed by atoms with Crippen molar-refractivity contribution in [2.24, 2.45) is 11.1 Å². The average Bonchev–Trinajstić information content (AvgIpc) is 3.03. The van der Waals surface area contributed by atoms with E-state index in [-0.39, 0.29) is 0 Å². The molecule has 0 atom stereocenters. The Morgan fingerprint density at radius 3 is 2.71 bits per heavy atom. The fraction of sp³-hybridized carbons (Fsp3) is 0.417. The SMILES string of the molecule is CC(=NOCC1CC1)c1ccccc1. The second kappa shape index (κ2) is 4.27. The van der Waals surface area contributed by atoms with Gasteiger partial charge < -0.3 is 4.84 Å². The van der Waals surface area contributed by atoms with Gasteiger partial charge in [-0.05, 0) is 31.2 Å². The van der Waals surface area contributed by atoms with Gasteiger partial charge in [0.1, 0.15) is 6.61 Å². The van der Waals surface area contributed by atoms with E-state index in [1.165, 1.54) is 12.8 Å². The number of benzene rings is 1. The quantitative estimate of drug-likeness (QED) is 0.527. The smallest absolute Gasteiger partial charge is 0.120 e. The third-order valence-corrected chi connectivity index (χ3v) is 2.40. The standard InChI is InChI=1S/C12H15NO/c1-10(12-5-3-2-4-6-12)13-14-9-11-7-8-11/h2-6,11H,7-9H2,1H3. The first-order chi connectivity index (χ1) is 6.86. The third-order valence-electron chi connectivity index (χ3n) is 2.40. The highest BCUT2D eigenvalue weighted by molar-refractivity contribution is 5.98. The number of nitrogens with zero attached hydrogens (tertiary/aromatic N) is 1. The van der Waals surface area contributed by atoms with E-state index in [9.17, 15) is 0 Å². The van der Waals surface area contributed by atoms with Gasteiger partial charge in [0, 0.05) is 0 Å². The number of rotatable bonds is 4. The molecule has 0 spiro atoms. The second-order valence-electron chi connectivity index (χ2n) is 3.78. The minimum atomic E-state index is 0.766. The molecule has 2 nitrogen and oxygen atoms in total. The Morgan fingerprint density at radius 1 is 1.36 bits per heavy atom. The largest absolute Gasteiger partial charge is 0.395 e. The molecule has 1 fully saturated rings. The number of hydrogen-bond acceptors (Lipinski definition) is 2. The molecule has 0 N–H and O–H groups in total. The summed E-state index contributed by atoms with van der Waals surface area (Å²) in [5, 5.41) is 4.09. The van der Waals surface area contributed by atoms with Crippen LogP contribution in [0.4, 0.5) is 0 Å². The van der Waals surface area contributed by atoms with Crippen LogP contribution in [0.1, 0.15) is 25.3 Å². The highest BCUT2D eigenvalue weighted by Crippen LogP contribution is 2.28. The molecular weight excluding hydrogens is 174 g/mol. The van der Waals surface area contributed by atoms with Gasteiger partial charge in [-0.25, -0.2) is 0 Å². The van der Waals surface area contributed by atoms with Crippen LogP contribution in [0.5, 0.6) is 0 Å². The van der Waals surface area contributed by atoms with Crippen molar-refractivity contribution in [3.8, 4) is 0 Å². The Hall–Kier alpha value is -1.31. The van der Waals surface area contributed by atoms with E-state index < -0.39 is 0 Å². The molecule has 2 rings (SSSR count). The van der Waals surface area contributed by atoms with E-state index in [0.717, 1.165) is 23.8 Å². The maximum Gasteiger partial charge on any atom is 0.120 e. The molecule has 0 unspecified atom stereocenters. The molecule has 14 heavy (non-hydrogen) atoms. The topological polar surface area (TPSA) is 21.6 Å². The zero-order chi connectivity index (χ0) is 9.80. The second-order valence-corrected chi connectivity index (χ2v) is 3.78. The van der Waals surface area contributed by atoms with Crippen LogP contribution < -0.4 is 0 Å². The van der Waals surface area contributed by atoms with Crippen LogP contribution in [0.2, 0.25) is 0 Å². The van der Waals surface area contributed by atoms with Crippen molar-refractivity contribution in [2.45, 2.75) is 19.8 Å². The van der Waals surface area contributed by atoms with E-state index in [4.69, 9.17) is 4.84 Å². The molecule has 1 aliphatic rings. The van der Waals surface area contributed by atoms with Crippen LogP contribution in [-0.4, -0.2) is 12.3 Å². The highest BCUT2D eigenvalue weighted by Gasteiger charge is 2.21. The lowest BCUT2D eigenvalue weighted by atomic mass is 10.1. The Morgan fingerprint density at radius 2 is 2.07 bits per heavy atom. The summed E-state index contributed by atoms with van der Waals surface area (Å²) in [5.74, 6) is 0.766. The van der Waals surface area contributed by atoms with Gasteiger partial charge in [0.25, 0.3) is 0 Å². The van der Waals surface area contributed by atoms with E-state index in [2.05, 4.69) is 5.16 Å². The summed E-state index contributed by atoms with van der Waals surface area (Å²) in [6.07, 6.45) is 2.61. The lowest BCUT2D eigenvalue weighted by Gasteiger charge is -2.00.